The zero-order valence-corrected chi connectivity index (χ0v) is 15.9. The summed E-state index contributed by atoms with van der Waals surface area (Å²) in [6, 6.07) is 15.9. The minimum Gasteiger partial charge on any atom is -0.494 e. The van der Waals surface area contributed by atoms with E-state index in [-0.39, 0.29) is 0 Å². The number of aliphatic imine (C=N–C) groups is 1. The van der Waals surface area contributed by atoms with Crippen LogP contribution in [0.3, 0.4) is 0 Å². The highest BCUT2D eigenvalue weighted by molar-refractivity contribution is 5.79. The van der Waals surface area contributed by atoms with Crippen molar-refractivity contribution in [3.63, 3.8) is 0 Å². The van der Waals surface area contributed by atoms with Gasteiger partial charge in [-0.25, -0.2) is 9.98 Å². The third-order valence-electron chi connectivity index (χ3n) is 3.62. The number of rotatable bonds is 9. The Kier molecular flexibility index (Phi) is 8.26. The molecule has 2 N–H and O–H groups in total. The first-order valence-corrected chi connectivity index (χ1v) is 9.02. The van der Waals surface area contributed by atoms with Crippen molar-refractivity contribution in [2.75, 3.05) is 38.7 Å². The van der Waals surface area contributed by atoms with E-state index in [1.54, 1.807) is 0 Å². The predicted molar refractivity (Wildman–Crippen MR) is 108 cm³/mol. The smallest absolute Gasteiger partial charge is 0.191 e. The van der Waals surface area contributed by atoms with Gasteiger partial charge in [-0.2, -0.15) is 0 Å². The molecule has 1 aromatic heterocycles. The Labute approximate surface area is 156 Å². The van der Waals surface area contributed by atoms with E-state index in [1.807, 2.05) is 67.5 Å². The molecular formula is C20H29N5O. The van der Waals surface area contributed by atoms with Gasteiger partial charge in [0.25, 0.3) is 0 Å². The van der Waals surface area contributed by atoms with Gasteiger partial charge in [0.1, 0.15) is 11.6 Å². The second-order valence-corrected chi connectivity index (χ2v) is 6.02. The Balaban J connectivity index is 1.78. The lowest BCUT2D eigenvalue weighted by Crippen LogP contribution is -2.38. The lowest BCUT2D eigenvalue weighted by atomic mass is 10.3. The standard InChI is InChI=1S/C20H29N5O/c1-4-21-20(22-14-9-15-26-18-11-6-5-7-12-18)23-16-17-10-8-13-19(24-17)25(2)3/h5-8,10-13H,4,9,14-16H2,1-3H3,(H2,21,22,23). The summed E-state index contributed by atoms with van der Waals surface area (Å²) in [4.78, 5) is 11.2. The minimum atomic E-state index is 0.539. The molecule has 26 heavy (non-hydrogen) atoms. The van der Waals surface area contributed by atoms with Gasteiger partial charge in [-0.05, 0) is 37.6 Å². The number of aromatic nitrogens is 1. The van der Waals surface area contributed by atoms with E-state index in [1.165, 1.54) is 0 Å². The van der Waals surface area contributed by atoms with Crippen LogP contribution in [-0.2, 0) is 6.54 Å². The average Bonchev–Trinajstić information content (AvgIpc) is 2.66. The minimum absolute atomic E-state index is 0.539. The van der Waals surface area contributed by atoms with Crippen LogP contribution in [0.15, 0.2) is 53.5 Å². The number of hydrogen-bond donors (Lipinski definition) is 2. The van der Waals surface area contributed by atoms with Gasteiger partial charge in [0.15, 0.2) is 5.96 Å². The fourth-order valence-electron chi connectivity index (χ4n) is 2.29. The molecule has 0 saturated carbocycles. The van der Waals surface area contributed by atoms with Crippen molar-refractivity contribution in [3.8, 4) is 5.75 Å². The summed E-state index contributed by atoms with van der Waals surface area (Å²) in [6.45, 7) is 4.88. The SMILES string of the molecule is CCNC(=NCc1cccc(N(C)C)n1)NCCCOc1ccccc1. The summed E-state index contributed by atoms with van der Waals surface area (Å²) in [5.41, 5.74) is 0.945. The number of nitrogens with zero attached hydrogens (tertiary/aromatic N) is 3. The molecule has 6 nitrogen and oxygen atoms in total. The first-order valence-electron chi connectivity index (χ1n) is 9.02. The van der Waals surface area contributed by atoms with E-state index in [9.17, 15) is 0 Å². The highest BCUT2D eigenvalue weighted by atomic mass is 16.5. The Morgan fingerprint density at radius 3 is 2.62 bits per heavy atom. The Bertz CT molecular complexity index is 673. The molecule has 0 radical (unpaired) electrons. The molecule has 2 aromatic rings. The molecule has 6 heteroatoms. The molecule has 0 aliphatic rings. The Morgan fingerprint density at radius 1 is 1.08 bits per heavy atom. The van der Waals surface area contributed by atoms with Crippen LogP contribution >= 0.6 is 0 Å². The number of para-hydroxylation sites is 1. The molecular weight excluding hydrogens is 326 g/mol. The van der Waals surface area contributed by atoms with Gasteiger partial charge >= 0.3 is 0 Å². The van der Waals surface area contributed by atoms with Crippen LogP contribution in [-0.4, -0.2) is 44.7 Å². The van der Waals surface area contributed by atoms with Crippen LogP contribution in [0.2, 0.25) is 0 Å². The zero-order valence-electron chi connectivity index (χ0n) is 15.9. The molecule has 1 aromatic carbocycles. The molecule has 0 bridgehead atoms. The summed E-state index contributed by atoms with van der Waals surface area (Å²) < 4.78 is 5.70. The monoisotopic (exact) mass is 355 g/mol. The number of benzene rings is 1. The molecule has 0 atom stereocenters. The summed E-state index contributed by atoms with van der Waals surface area (Å²) in [7, 11) is 3.97. The lowest BCUT2D eigenvalue weighted by molar-refractivity contribution is 0.311. The maximum Gasteiger partial charge on any atom is 0.191 e. The second-order valence-electron chi connectivity index (χ2n) is 6.02. The highest BCUT2D eigenvalue weighted by Gasteiger charge is 2.01. The second kappa shape index (κ2) is 11.0. The molecule has 0 aliphatic carbocycles. The van der Waals surface area contributed by atoms with Crippen LogP contribution in [0.1, 0.15) is 19.0 Å². The van der Waals surface area contributed by atoms with E-state index < -0.39 is 0 Å². The van der Waals surface area contributed by atoms with Crippen LogP contribution in [0.5, 0.6) is 5.75 Å². The van der Waals surface area contributed by atoms with Crippen LogP contribution in [0.4, 0.5) is 5.82 Å². The first-order chi connectivity index (χ1) is 12.7. The number of pyridine rings is 1. The van der Waals surface area contributed by atoms with E-state index in [0.29, 0.717) is 13.2 Å². The fraction of sp³-hybridized carbons (Fsp3) is 0.400. The number of nitrogens with one attached hydrogen (secondary N) is 2. The summed E-state index contributed by atoms with van der Waals surface area (Å²) >= 11 is 0. The maximum atomic E-state index is 5.70. The van der Waals surface area contributed by atoms with E-state index in [2.05, 4.69) is 27.5 Å². The van der Waals surface area contributed by atoms with Crippen molar-refractivity contribution >= 4 is 11.8 Å². The number of hydrogen-bond acceptors (Lipinski definition) is 4. The third-order valence-corrected chi connectivity index (χ3v) is 3.62. The average molecular weight is 355 g/mol. The molecule has 0 saturated heterocycles. The van der Waals surface area contributed by atoms with E-state index in [4.69, 9.17) is 4.74 Å². The van der Waals surface area contributed by atoms with Gasteiger partial charge in [0.2, 0.25) is 0 Å². The van der Waals surface area contributed by atoms with Crippen molar-refractivity contribution in [1.82, 2.24) is 15.6 Å². The van der Waals surface area contributed by atoms with Crippen molar-refractivity contribution in [3.05, 3.63) is 54.2 Å². The van der Waals surface area contributed by atoms with Crippen molar-refractivity contribution in [2.24, 2.45) is 4.99 Å². The van der Waals surface area contributed by atoms with Crippen LogP contribution in [0, 0.1) is 0 Å². The number of ether oxygens (including phenoxy) is 1. The summed E-state index contributed by atoms with van der Waals surface area (Å²) in [6.07, 6.45) is 0.897. The highest BCUT2D eigenvalue weighted by Crippen LogP contribution is 2.09. The first kappa shape index (κ1) is 19.6. The van der Waals surface area contributed by atoms with Gasteiger partial charge in [-0.15, -0.1) is 0 Å². The number of anilines is 1. The van der Waals surface area contributed by atoms with Gasteiger partial charge in [0, 0.05) is 27.2 Å². The Morgan fingerprint density at radius 2 is 1.88 bits per heavy atom. The van der Waals surface area contributed by atoms with Crippen LogP contribution in [0.25, 0.3) is 0 Å². The molecule has 0 aliphatic heterocycles. The molecule has 1 heterocycles. The number of guanidine groups is 1. The van der Waals surface area contributed by atoms with Crippen LogP contribution < -0.4 is 20.3 Å². The van der Waals surface area contributed by atoms with Gasteiger partial charge in [-0.3, -0.25) is 0 Å². The van der Waals surface area contributed by atoms with Crippen molar-refractivity contribution < 1.29 is 4.74 Å². The molecule has 0 amide bonds. The topological polar surface area (TPSA) is 61.8 Å². The zero-order chi connectivity index (χ0) is 18.6. The Hall–Kier alpha value is -2.76. The van der Waals surface area contributed by atoms with Gasteiger partial charge < -0.3 is 20.3 Å². The summed E-state index contributed by atoms with van der Waals surface area (Å²) in [5, 5.41) is 6.59. The van der Waals surface area contributed by atoms with Crippen molar-refractivity contribution in [2.45, 2.75) is 19.9 Å². The van der Waals surface area contributed by atoms with E-state index >= 15 is 0 Å². The maximum absolute atomic E-state index is 5.70. The summed E-state index contributed by atoms with van der Waals surface area (Å²) in [5.74, 6) is 2.64. The molecule has 140 valence electrons. The predicted octanol–water partition coefficient (Wildman–Crippen LogP) is 2.67. The fourth-order valence-corrected chi connectivity index (χ4v) is 2.29. The van der Waals surface area contributed by atoms with Gasteiger partial charge in [0.05, 0.1) is 18.8 Å². The molecule has 0 fully saturated rings. The van der Waals surface area contributed by atoms with Crippen molar-refractivity contribution in [1.29, 1.82) is 0 Å². The lowest BCUT2D eigenvalue weighted by Gasteiger charge is -2.13. The normalized spacial score (nSPS) is 11.1. The third kappa shape index (κ3) is 7.01. The largest absolute Gasteiger partial charge is 0.494 e. The van der Waals surface area contributed by atoms with Gasteiger partial charge in [-0.1, -0.05) is 24.3 Å². The quantitative estimate of drug-likeness (QED) is 0.411. The molecule has 0 spiro atoms. The molecule has 2 rings (SSSR count). The van der Waals surface area contributed by atoms with E-state index in [0.717, 1.165) is 42.7 Å². The molecule has 0 unspecified atom stereocenters.